The molecule has 0 nitrogen and oxygen atoms in total. The zero-order chi connectivity index (χ0) is 31.6. The van der Waals surface area contributed by atoms with Crippen LogP contribution in [0.15, 0.2) is 30.8 Å². The van der Waals surface area contributed by atoms with Gasteiger partial charge in [0.05, 0.1) is 0 Å². The van der Waals surface area contributed by atoms with Crippen molar-refractivity contribution in [1.82, 2.24) is 0 Å². The van der Waals surface area contributed by atoms with E-state index < -0.39 is 115 Å². The predicted octanol–water partition coefficient (Wildman–Crippen LogP) is 5.96. The lowest BCUT2D eigenvalue weighted by atomic mass is 9.12. The smallest absolute Gasteiger partial charge is 0.200 e. The van der Waals surface area contributed by atoms with E-state index >= 15 is 26.3 Å². The van der Waals surface area contributed by atoms with E-state index in [-0.39, 0.29) is 5.56 Å². The first-order chi connectivity index (χ1) is 19.6. The van der Waals surface area contributed by atoms with Crippen LogP contribution in [0, 0.1) is 88.4 Å². The topological polar surface area (TPSA) is 0 Å². The molecule has 0 aromatic heterocycles. The van der Waals surface area contributed by atoms with Gasteiger partial charge in [-0.3, -0.25) is 0 Å². The van der Waals surface area contributed by atoms with Crippen molar-refractivity contribution >= 4 is 34.1 Å². The second-order valence-corrected chi connectivity index (χ2v) is 9.00. The van der Waals surface area contributed by atoms with Crippen LogP contribution in [-0.2, 0) is 0 Å². The SMILES string of the molecule is C=Cc1ccc([B-](c2c(F)c(F)c(C)c(F)c2F)(c2c(F)c(F)c(F)c(F)c2F)c2c(F)c(F)c(F)c(F)c2F)cc1. The molecule has 0 bridgehead atoms. The summed E-state index contributed by atoms with van der Waals surface area (Å²) in [5.41, 5.74) is -10.3. The van der Waals surface area contributed by atoms with E-state index in [4.69, 9.17) is 0 Å². The molecule has 4 aromatic rings. The Labute approximate surface area is 226 Å². The summed E-state index contributed by atoms with van der Waals surface area (Å²) in [5, 5.41) is 0. The van der Waals surface area contributed by atoms with Crippen molar-refractivity contribution in [1.29, 1.82) is 0 Å². The van der Waals surface area contributed by atoms with E-state index in [1.807, 2.05) is 0 Å². The summed E-state index contributed by atoms with van der Waals surface area (Å²) in [4.78, 5) is 0. The monoisotopic (exact) mass is 611 g/mol. The molecule has 0 unspecified atom stereocenters. The van der Waals surface area contributed by atoms with Gasteiger partial charge in [0.2, 0.25) is 0 Å². The number of hydrogen-bond acceptors (Lipinski definition) is 0. The van der Waals surface area contributed by atoms with Crippen molar-refractivity contribution in [2.45, 2.75) is 6.92 Å². The van der Waals surface area contributed by atoms with Gasteiger partial charge < -0.3 is 0 Å². The largest absolute Gasteiger partial charge is 0.207 e. The van der Waals surface area contributed by atoms with Gasteiger partial charge in [0.15, 0.2) is 46.5 Å². The van der Waals surface area contributed by atoms with Crippen molar-refractivity contribution < 1.29 is 61.5 Å². The van der Waals surface area contributed by atoms with Gasteiger partial charge in [0.1, 0.15) is 41.0 Å². The van der Waals surface area contributed by atoms with Gasteiger partial charge in [-0.25, -0.2) is 61.5 Å². The maximum absolute atomic E-state index is 15.7. The van der Waals surface area contributed by atoms with Crippen LogP contribution in [0.1, 0.15) is 11.1 Å². The Hall–Kier alpha value is -4.30. The molecule has 0 aliphatic carbocycles. The highest BCUT2D eigenvalue weighted by Crippen LogP contribution is 2.28. The molecule has 42 heavy (non-hydrogen) atoms. The Morgan fingerprint density at radius 2 is 0.690 bits per heavy atom. The highest BCUT2D eigenvalue weighted by molar-refractivity contribution is 7.20. The molecule has 4 aromatic carbocycles. The molecular weight excluding hydrogens is 601 g/mol. The molecule has 0 spiro atoms. The molecular formula is C27H10BF14-. The molecule has 4 rings (SSSR count). The molecule has 0 amide bonds. The van der Waals surface area contributed by atoms with Gasteiger partial charge in [-0.05, 0) is 12.5 Å². The fourth-order valence-corrected chi connectivity index (χ4v) is 5.00. The maximum Gasteiger partial charge on any atom is 0.200 e. The Bertz CT molecular complexity index is 1540. The number of halogens is 14. The molecule has 15 heteroatoms. The summed E-state index contributed by atoms with van der Waals surface area (Å²) < 4.78 is 210. The van der Waals surface area contributed by atoms with Crippen LogP contribution < -0.4 is 21.9 Å². The molecule has 0 radical (unpaired) electrons. The van der Waals surface area contributed by atoms with E-state index in [2.05, 4.69) is 6.58 Å². The zero-order valence-electron chi connectivity index (χ0n) is 20.5. The first-order valence-corrected chi connectivity index (χ1v) is 11.3. The number of hydrogen-bond donors (Lipinski definition) is 0. The Morgan fingerprint density at radius 1 is 0.429 bits per heavy atom. The highest BCUT2D eigenvalue weighted by atomic mass is 19.2. The van der Waals surface area contributed by atoms with Crippen molar-refractivity contribution in [2.75, 3.05) is 0 Å². The van der Waals surface area contributed by atoms with Gasteiger partial charge in [-0.1, -0.05) is 36.9 Å². The van der Waals surface area contributed by atoms with Gasteiger partial charge in [0.25, 0.3) is 0 Å². The van der Waals surface area contributed by atoms with Crippen LogP contribution in [0.4, 0.5) is 61.5 Å². The third-order valence-corrected chi connectivity index (χ3v) is 6.98. The van der Waals surface area contributed by atoms with Crippen LogP contribution >= 0.6 is 0 Å². The van der Waals surface area contributed by atoms with Crippen LogP contribution in [-0.4, -0.2) is 6.15 Å². The molecule has 0 fully saturated rings. The summed E-state index contributed by atoms with van der Waals surface area (Å²) in [7, 11) is 0. The second-order valence-electron chi connectivity index (χ2n) is 9.00. The zero-order valence-corrected chi connectivity index (χ0v) is 20.5. The third kappa shape index (κ3) is 4.00. The fraction of sp³-hybridized carbons (Fsp3) is 0.0370. The molecule has 0 heterocycles. The molecule has 0 aliphatic heterocycles. The Kier molecular flexibility index (Phi) is 7.68. The van der Waals surface area contributed by atoms with Gasteiger partial charge in [-0.15, -0.1) is 16.4 Å². The summed E-state index contributed by atoms with van der Waals surface area (Å²) in [6, 6.07) is 2.63. The minimum absolute atomic E-state index is 0.0282. The van der Waals surface area contributed by atoms with Crippen LogP contribution in [0.2, 0.25) is 0 Å². The second kappa shape index (κ2) is 10.5. The summed E-state index contributed by atoms with van der Waals surface area (Å²) in [5.74, 6) is -39.8. The minimum Gasteiger partial charge on any atom is -0.207 e. The average Bonchev–Trinajstić information content (AvgIpc) is 2.98. The van der Waals surface area contributed by atoms with Crippen LogP contribution in [0.25, 0.3) is 6.08 Å². The van der Waals surface area contributed by atoms with Crippen molar-refractivity contribution in [3.63, 3.8) is 0 Å². The lowest BCUT2D eigenvalue weighted by Gasteiger charge is -2.44. The average molecular weight is 611 g/mol. The normalized spacial score (nSPS) is 11.8. The summed E-state index contributed by atoms with van der Waals surface area (Å²) in [6.45, 7) is 3.78. The molecule has 0 saturated heterocycles. The first kappa shape index (κ1) is 30.7. The van der Waals surface area contributed by atoms with E-state index in [1.54, 1.807) is 0 Å². The van der Waals surface area contributed by atoms with Gasteiger partial charge >= 0.3 is 0 Å². The quantitative estimate of drug-likeness (QED) is 0.113. The standard InChI is InChI=1S/C27H10BF14/c1-3-9-4-6-10(7-5-9)28(11-16(31)14(29)8(2)15(30)17(11)32,12-18(33)22(37)26(41)23(38)19(12)34)13-20(35)24(39)27(42)25(40)21(13)36/h3-7H,1H2,2H3/q-1. The molecule has 0 N–H and O–H groups in total. The number of benzene rings is 4. The highest BCUT2D eigenvalue weighted by Gasteiger charge is 2.48. The summed E-state index contributed by atoms with van der Waals surface area (Å²) >= 11 is 0. The maximum atomic E-state index is 15.7. The molecule has 0 aliphatic rings. The first-order valence-electron chi connectivity index (χ1n) is 11.3. The lowest BCUT2D eigenvalue weighted by Crippen LogP contribution is -2.79. The minimum atomic E-state index is -5.61. The van der Waals surface area contributed by atoms with Crippen molar-refractivity contribution in [3.05, 3.63) is 123 Å². The van der Waals surface area contributed by atoms with Crippen molar-refractivity contribution in [3.8, 4) is 0 Å². The molecule has 0 atom stereocenters. The fourth-order valence-electron chi connectivity index (χ4n) is 5.00. The van der Waals surface area contributed by atoms with E-state index in [1.165, 1.54) is 0 Å². The van der Waals surface area contributed by atoms with Gasteiger partial charge in [0, 0.05) is 5.56 Å². The van der Waals surface area contributed by atoms with Crippen LogP contribution in [0.5, 0.6) is 0 Å². The van der Waals surface area contributed by atoms with E-state index in [0.29, 0.717) is 19.1 Å². The van der Waals surface area contributed by atoms with Gasteiger partial charge in [-0.2, -0.15) is 5.46 Å². The Morgan fingerprint density at radius 3 is 0.976 bits per heavy atom. The molecule has 0 saturated carbocycles. The number of rotatable bonds is 5. The van der Waals surface area contributed by atoms with E-state index in [0.717, 1.165) is 18.2 Å². The lowest BCUT2D eigenvalue weighted by molar-refractivity contribution is 0.381. The predicted molar refractivity (Wildman–Crippen MR) is 124 cm³/mol. The molecule has 220 valence electrons. The van der Waals surface area contributed by atoms with Crippen molar-refractivity contribution in [2.24, 2.45) is 0 Å². The summed E-state index contributed by atoms with van der Waals surface area (Å²) in [6.07, 6.45) is -4.55. The third-order valence-electron chi connectivity index (χ3n) is 6.98. The van der Waals surface area contributed by atoms with Crippen LogP contribution in [0.3, 0.4) is 0 Å². The Balaban J connectivity index is 2.55. The van der Waals surface area contributed by atoms with E-state index in [9.17, 15) is 35.1 Å².